The summed E-state index contributed by atoms with van der Waals surface area (Å²) in [5.41, 5.74) is 1.31. The highest BCUT2D eigenvalue weighted by molar-refractivity contribution is 5.35. The van der Waals surface area contributed by atoms with Gasteiger partial charge >= 0.3 is 0 Å². The van der Waals surface area contributed by atoms with Crippen molar-refractivity contribution in [3.63, 3.8) is 0 Å². The zero-order valence-electron chi connectivity index (χ0n) is 11.5. The highest BCUT2D eigenvalue weighted by Crippen LogP contribution is 2.29. The third kappa shape index (κ3) is 4.39. The predicted molar refractivity (Wildman–Crippen MR) is 73.8 cm³/mol. The minimum atomic E-state index is 0.519. The number of para-hydroxylation sites is 1. The van der Waals surface area contributed by atoms with Crippen LogP contribution in [0.15, 0.2) is 24.3 Å². The van der Waals surface area contributed by atoms with Gasteiger partial charge in [-0.15, -0.1) is 0 Å². The van der Waals surface area contributed by atoms with E-state index in [4.69, 9.17) is 4.74 Å². The summed E-state index contributed by atoms with van der Waals surface area (Å²) in [6.07, 6.45) is 2.33. The zero-order chi connectivity index (χ0) is 12.7. The molecule has 0 bridgehead atoms. The number of rotatable bonds is 7. The Morgan fingerprint density at radius 3 is 2.59 bits per heavy atom. The molecule has 1 rings (SSSR count). The molecule has 1 aromatic rings. The molecule has 0 aliphatic rings. The molecule has 0 saturated carbocycles. The number of methoxy groups -OCH3 is 1. The Balaban J connectivity index is 2.59. The molecule has 0 spiro atoms. The van der Waals surface area contributed by atoms with Gasteiger partial charge in [-0.05, 0) is 43.9 Å². The van der Waals surface area contributed by atoms with Crippen molar-refractivity contribution in [2.75, 3.05) is 13.7 Å². The summed E-state index contributed by atoms with van der Waals surface area (Å²) in [4.78, 5) is 0. The molecule has 2 heteroatoms. The molecular formula is C15H25NO. The first kappa shape index (κ1) is 14.0. The Labute approximate surface area is 105 Å². The van der Waals surface area contributed by atoms with Gasteiger partial charge in [0.15, 0.2) is 0 Å². The largest absolute Gasteiger partial charge is 0.496 e. The fourth-order valence-electron chi connectivity index (χ4n) is 2.20. The Morgan fingerprint density at radius 1 is 1.24 bits per heavy atom. The lowest BCUT2D eigenvalue weighted by Crippen LogP contribution is -2.28. The third-order valence-electron chi connectivity index (χ3n) is 3.12. The second kappa shape index (κ2) is 7.33. The van der Waals surface area contributed by atoms with E-state index in [1.807, 2.05) is 12.1 Å². The Kier molecular flexibility index (Phi) is 6.06. The summed E-state index contributed by atoms with van der Waals surface area (Å²) >= 11 is 0. The third-order valence-corrected chi connectivity index (χ3v) is 3.12. The van der Waals surface area contributed by atoms with E-state index in [1.54, 1.807) is 7.11 Å². The maximum absolute atomic E-state index is 5.41. The van der Waals surface area contributed by atoms with Gasteiger partial charge in [0.25, 0.3) is 0 Å². The first-order chi connectivity index (χ1) is 8.19. The van der Waals surface area contributed by atoms with Crippen molar-refractivity contribution >= 4 is 0 Å². The number of hydrogen-bond acceptors (Lipinski definition) is 2. The van der Waals surface area contributed by atoms with Crippen LogP contribution in [0, 0.1) is 0 Å². The minimum Gasteiger partial charge on any atom is -0.496 e. The topological polar surface area (TPSA) is 21.3 Å². The SMILES string of the molecule is CCCNC(C)CC(C)c1ccccc1OC. The molecule has 0 fully saturated rings. The smallest absolute Gasteiger partial charge is 0.122 e. The van der Waals surface area contributed by atoms with Crippen LogP contribution in [0.4, 0.5) is 0 Å². The zero-order valence-corrected chi connectivity index (χ0v) is 11.5. The molecule has 0 aromatic heterocycles. The van der Waals surface area contributed by atoms with Crippen LogP contribution in [0.1, 0.15) is 45.1 Å². The standard InChI is InChI=1S/C15H25NO/c1-5-10-16-13(3)11-12(2)14-8-6-7-9-15(14)17-4/h6-9,12-13,16H,5,10-11H2,1-4H3. The van der Waals surface area contributed by atoms with Crippen LogP contribution in [0.2, 0.25) is 0 Å². The first-order valence-corrected chi connectivity index (χ1v) is 6.55. The second-order valence-corrected chi connectivity index (χ2v) is 4.73. The Bertz CT molecular complexity index is 324. The van der Waals surface area contributed by atoms with Gasteiger partial charge in [0.1, 0.15) is 5.75 Å². The molecule has 0 aliphatic carbocycles. The van der Waals surface area contributed by atoms with E-state index in [9.17, 15) is 0 Å². The highest BCUT2D eigenvalue weighted by Gasteiger charge is 2.13. The van der Waals surface area contributed by atoms with E-state index >= 15 is 0 Å². The normalized spacial score (nSPS) is 14.4. The van der Waals surface area contributed by atoms with Gasteiger partial charge in [0.05, 0.1) is 7.11 Å². The van der Waals surface area contributed by atoms with Gasteiger partial charge in [0, 0.05) is 6.04 Å². The number of hydrogen-bond donors (Lipinski definition) is 1. The molecule has 17 heavy (non-hydrogen) atoms. The van der Waals surface area contributed by atoms with Crippen LogP contribution in [0.25, 0.3) is 0 Å². The van der Waals surface area contributed by atoms with E-state index in [0.29, 0.717) is 12.0 Å². The Hall–Kier alpha value is -1.02. The Morgan fingerprint density at radius 2 is 1.94 bits per heavy atom. The van der Waals surface area contributed by atoms with Gasteiger partial charge in [-0.25, -0.2) is 0 Å². The molecule has 2 nitrogen and oxygen atoms in total. The van der Waals surface area contributed by atoms with Crippen molar-refractivity contribution in [1.82, 2.24) is 5.32 Å². The summed E-state index contributed by atoms with van der Waals surface area (Å²) in [6, 6.07) is 8.85. The van der Waals surface area contributed by atoms with Gasteiger partial charge in [0.2, 0.25) is 0 Å². The summed E-state index contributed by atoms with van der Waals surface area (Å²) in [5.74, 6) is 1.52. The van der Waals surface area contributed by atoms with Gasteiger partial charge < -0.3 is 10.1 Å². The van der Waals surface area contributed by atoms with E-state index < -0.39 is 0 Å². The lowest BCUT2D eigenvalue weighted by atomic mass is 9.93. The van der Waals surface area contributed by atoms with Crippen LogP contribution in [0.5, 0.6) is 5.75 Å². The molecule has 96 valence electrons. The summed E-state index contributed by atoms with van der Waals surface area (Å²) in [7, 11) is 1.74. The highest BCUT2D eigenvalue weighted by atomic mass is 16.5. The second-order valence-electron chi connectivity index (χ2n) is 4.73. The van der Waals surface area contributed by atoms with E-state index in [2.05, 4.69) is 38.2 Å². The summed E-state index contributed by atoms with van der Waals surface area (Å²) in [5, 5.41) is 3.53. The van der Waals surface area contributed by atoms with Crippen molar-refractivity contribution in [2.24, 2.45) is 0 Å². The lowest BCUT2D eigenvalue weighted by molar-refractivity contribution is 0.400. The average Bonchev–Trinajstić information content (AvgIpc) is 2.36. The molecule has 0 saturated heterocycles. The minimum absolute atomic E-state index is 0.519. The van der Waals surface area contributed by atoms with Gasteiger partial charge in [-0.3, -0.25) is 0 Å². The van der Waals surface area contributed by atoms with Crippen molar-refractivity contribution < 1.29 is 4.74 Å². The van der Waals surface area contributed by atoms with E-state index in [1.165, 1.54) is 12.0 Å². The number of benzene rings is 1. The molecule has 0 aliphatic heterocycles. The predicted octanol–water partition coefficient (Wildman–Crippen LogP) is 3.58. The number of ether oxygens (including phenoxy) is 1. The maximum atomic E-state index is 5.41. The van der Waals surface area contributed by atoms with Gasteiger partial charge in [-0.2, -0.15) is 0 Å². The first-order valence-electron chi connectivity index (χ1n) is 6.55. The molecule has 0 radical (unpaired) electrons. The van der Waals surface area contributed by atoms with E-state index in [0.717, 1.165) is 18.7 Å². The molecule has 2 atom stereocenters. The average molecular weight is 235 g/mol. The molecule has 0 amide bonds. The molecule has 1 aromatic carbocycles. The van der Waals surface area contributed by atoms with Crippen LogP contribution in [-0.2, 0) is 0 Å². The van der Waals surface area contributed by atoms with Crippen molar-refractivity contribution in [3.8, 4) is 5.75 Å². The fraction of sp³-hybridized carbons (Fsp3) is 0.600. The molecule has 2 unspecified atom stereocenters. The quantitative estimate of drug-likeness (QED) is 0.780. The van der Waals surface area contributed by atoms with Crippen molar-refractivity contribution in [1.29, 1.82) is 0 Å². The van der Waals surface area contributed by atoms with Crippen molar-refractivity contribution in [2.45, 2.75) is 45.6 Å². The summed E-state index contributed by atoms with van der Waals surface area (Å²) < 4.78 is 5.41. The lowest BCUT2D eigenvalue weighted by Gasteiger charge is -2.20. The van der Waals surface area contributed by atoms with Crippen LogP contribution >= 0.6 is 0 Å². The maximum Gasteiger partial charge on any atom is 0.122 e. The molecular weight excluding hydrogens is 210 g/mol. The fourth-order valence-corrected chi connectivity index (χ4v) is 2.20. The van der Waals surface area contributed by atoms with E-state index in [-0.39, 0.29) is 0 Å². The molecule has 0 heterocycles. The molecule has 1 N–H and O–H groups in total. The van der Waals surface area contributed by atoms with Crippen molar-refractivity contribution in [3.05, 3.63) is 29.8 Å². The van der Waals surface area contributed by atoms with Crippen LogP contribution in [0.3, 0.4) is 0 Å². The van der Waals surface area contributed by atoms with Gasteiger partial charge in [-0.1, -0.05) is 32.0 Å². The number of nitrogens with one attached hydrogen (secondary N) is 1. The monoisotopic (exact) mass is 235 g/mol. The summed E-state index contributed by atoms with van der Waals surface area (Å²) in [6.45, 7) is 7.81. The van der Waals surface area contributed by atoms with Crippen LogP contribution < -0.4 is 10.1 Å². The van der Waals surface area contributed by atoms with Crippen LogP contribution in [-0.4, -0.2) is 19.7 Å².